The minimum Gasteiger partial charge on any atom is -0.484 e. The molecule has 1 heterocycles. The number of hydrogen-bond donors (Lipinski definition) is 3. The van der Waals surface area contributed by atoms with Gasteiger partial charge in [-0.25, -0.2) is 4.79 Å². The number of nitrogens with one attached hydrogen (secondary N) is 1. The Morgan fingerprint density at radius 1 is 1.22 bits per heavy atom. The maximum Gasteiger partial charge on any atom is 0.354 e. The molecule has 2 amide bonds. The van der Waals surface area contributed by atoms with Crippen molar-refractivity contribution in [1.29, 1.82) is 0 Å². The number of rotatable bonds is 11. The first-order valence-electron chi connectivity index (χ1n) is 9.67. The van der Waals surface area contributed by atoms with E-state index in [1.165, 1.54) is 7.11 Å². The molecule has 3 unspecified atom stereocenters. The molecule has 32 heavy (non-hydrogen) atoms. The molecule has 0 radical (unpaired) electrons. The van der Waals surface area contributed by atoms with Gasteiger partial charge < -0.3 is 25.0 Å². The maximum atomic E-state index is 12.4. The summed E-state index contributed by atoms with van der Waals surface area (Å²) >= 11 is 0.908. The van der Waals surface area contributed by atoms with Crippen LogP contribution in [-0.4, -0.2) is 81.8 Å². The Labute approximate surface area is 187 Å². The van der Waals surface area contributed by atoms with Gasteiger partial charge in [0.1, 0.15) is 22.9 Å². The molecule has 1 aromatic rings. The predicted octanol–water partition coefficient (Wildman–Crippen LogP) is -0.767. The van der Waals surface area contributed by atoms with Crippen LogP contribution in [0.25, 0.3) is 0 Å². The fourth-order valence-electron chi connectivity index (χ4n) is 3.29. The average Bonchev–Trinajstić information content (AvgIpc) is 3.59. The number of thioether (sulfide) groups is 1. The van der Waals surface area contributed by atoms with E-state index >= 15 is 0 Å². The summed E-state index contributed by atoms with van der Waals surface area (Å²) in [7, 11) is 1.23. The van der Waals surface area contributed by atoms with E-state index in [-0.39, 0.29) is 18.1 Å². The molecule has 1 saturated carbocycles. The highest BCUT2D eigenvalue weighted by Crippen LogP contribution is 2.42. The molecule has 1 aromatic carbocycles. The lowest BCUT2D eigenvalue weighted by Gasteiger charge is -2.47. The summed E-state index contributed by atoms with van der Waals surface area (Å²) in [6, 6.07) is 7.39. The minimum absolute atomic E-state index is 0.133. The number of amides is 2. The van der Waals surface area contributed by atoms with Crippen LogP contribution in [-0.2, 0) is 28.7 Å². The summed E-state index contributed by atoms with van der Waals surface area (Å²) in [6.45, 7) is -0.380. The monoisotopic (exact) mass is 466 g/mol. The van der Waals surface area contributed by atoms with Crippen molar-refractivity contribution in [3.8, 4) is 5.75 Å². The SMILES string of the molecule is COC(=O)C1CC1C(=O)CS[C@@H]1[C@H](NC(=O)COc2ccccc2)C(=O)N1C(O)C(=O)O. The number of aliphatic hydroxyl groups excluding tert-OH is 1. The van der Waals surface area contributed by atoms with Gasteiger partial charge in [-0.05, 0) is 18.6 Å². The summed E-state index contributed by atoms with van der Waals surface area (Å²) < 4.78 is 9.93. The molecule has 2 aliphatic rings. The zero-order valence-electron chi connectivity index (χ0n) is 17.0. The van der Waals surface area contributed by atoms with Crippen LogP contribution in [0.4, 0.5) is 0 Å². The molecular formula is C20H22N2O9S. The van der Waals surface area contributed by atoms with E-state index in [1.54, 1.807) is 30.3 Å². The first-order chi connectivity index (χ1) is 15.2. The smallest absolute Gasteiger partial charge is 0.354 e. The highest BCUT2D eigenvalue weighted by atomic mass is 32.2. The summed E-state index contributed by atoms with van der Waals surface area (Å²) in [4.78, 5) is 60.3. The van der Waals surface area contributed by atoms with Crippen LogP contribution < -0.4 is 10.1 Å². The van der Waals surface area contributed by atoms with Crippen molar-refractivity contribution < 1.29 is 43.7 Å². The van der Waals surface area contributed by atoms with Crippen molar-refractivity contribution in [1.82, 2.24) is 10.2 Å². The molecule has 0 bridgehead atoms. The first-order valence-corrected chi connectivity index (χ1v) is 10.7. The van der Waals surface area contributed by atoms with Crippen molar-refractivity contribution in [2.75, 3.05) is 19.5 Å². The lowest BCUT2D eigenvalue weighted by atomic mass is 10.1. The third-order valence-corrected chi connectivity index (χ3v) is 6.39. The van der Waals surface area contributed by atoms with Gasteiger partial charge in [-0.3, -0.25) is 24.1 Å². The largest absolute Gasteiger partial charge is 0.484 e. The molecule has 3 rings (SSSR count). The Hall–Kier alpha value is -3.12. The van der Waals surface area contributed by atoms with Crippen LogP contribution in [0.5, 0.6) is 5.75 Å². The number of ketones is 1. The van der Waals surface area contributed by atoms with Crippen molar-refractivity contribution in [2.24, 2.45) is 11.8 Å². The van der Waals surface area contributed by atoms with Crippen LogP contribution in [0, 0.1) is 11.8 Å². The van der Waals surface area contributed by atoms with Crippen LogP contribution in [0.15, 0.2) is 30.3 Å². The quantitative estimate of drug-likeness (QED) is 0.279. The van der Waals surface area contributed by atoms with E-state index in [4.69, 9.17) is 9.84 Å². The number of likely N-dealkylation sites (tertiary alicyclic amines) is 1. The van der Waals surface area contributed by atoms with Gasteiger partial charge in [0.15, 0.2) is 6.61 Å². The summed E-state index contributed by atoms with van der Waals surface area (Å²) in [5, 5.41) is 20.4. The van der Waals surface area contributed by atoms with Gasteiger partial charge in [-0.2, -0.15) is 0 Å². The van der Waals surface area contributed by atoms with Crippen molar-refractivity contribution in [3.05, 3.63) is 30.3 Å². The van der Waals surface area contributed by atoms with Gasteiger partial charge in [-0.15, -0.1) is 11.8 Å². The van der Waals surface area contributed by atoms with Crippen LogP contribution >= 0.6 is 11.8 Å². The number of nitrogens with zero attached hydrogens (tertiary/aromatic N) is 1. The number of methoxy groups -OCH3 is 1. The Kier molecular flexibility index (Phi) is 7.36. The highest BCUT2D eigenvalue weighted by molar-refractivity contribution is 8.00. The third kappa shape index (κ3) is 5.19. The lowest BCUT2D eigenvalue weighted by molar-refractivity contribution is -0.178. The van der Waals surface area contributed by atoms with Gasteiger partial charge in [0.2, 0.25) is 6.23 Å². The maximum absolute atomic E-state index is 12.4. The Bertz CT molecular complexity index is 910. The standard InChI is InChI=1S/C20H22N2O9S/c1-30-20(29)12-7-11(12)13(23)9-32-18-15(16(25)22(18)17(26)19(27)28)21-14(24)8-31-10-5-3-2-4-6-10/h2-6,11-12,15,17-18,26H,7-9H2,1H3,(H,21,24)(H,27,28)/t11?,12?,15-,17?,18-/m1/s1. The molecule has 11 nitrogen and oxygen atoms in total. The number of carbonyl (C=O) groups is 5. The third-order valence-electron chi connectivity index (χ3n) is 5.10. The Morgan fingerprint density at radius 3 is 2.53 bits per heavy atom. The zero-order valence-corrected chi connectivity index (χ0v) is 17.8. The fraction of sp³-hybridized carbons (Fsp3) is 0.450. The number of carboxylic acid groups (broad SMARTS) is 1. The molecule has 5 atom stereocenters. The number of aliphatic carboxylic acids is 1. The topological polar surface area (TPSA) is 160 Å². The lowest BCUT2D eigenvalue weighted by Crippen LogP contribution is -2.73. The van der Waals surface area contributed by atoms with Crippen molar-refractivity contribution in [3.63, 3.8) is 0 Å². The first kappa shape index (κ1) is 23.5. The Morgan fingerprint density at radius 2 is 1.91 bits per heavy atom. The molecule has 0 aromatic heterocycles. The predicted molar refractivity (Wildman–Crippen MR) is 109 cm³/mol. The molecule has 0 spiro atoms. The van der Waals surface area contributed by atoms with E-state index in [1.807, 2.05) is 0 Å². The number of esters is 1. The molecular weight excluding hydrogens is 444 g/mol. The number of ether oxygens (including phenoxy) is 2. The minimum atomic E-state index is -2.12. The van der Waals surface area contributed by atoms with Crippen molar-refractivity contribution in [2.45, 2.75) is 24.1 Å². The molecule has 12 heteroatoms. The summed E-state index contributed by atoms with van der Waals surface area (Å²) in [5.74, 6) is -4.46. The fourth-order valence-corrected chi connectivity index (χ4v) is 4.60. The Balaban J connectivity index is 1.58. The number of benzene rings is 1. The summed E-state index contributed by atoms with van der Waals surface area (Å²) in [5.41, 5.74) is 0. The summed E-state index contributed by atoms with van der Waals surface area (Å²) in [6.07, 6.45) is -1.75. The second-order valence-corrected chi connectivity index (χ2v) is 8.35. The van der Waals surface area contributed by atoms with E-state index in [0.29, 0.717) is 17.1 Å². The van der Waals surface area contributed by atoms with E-state index in [0.717, 1.165) is 11.8 Å². The number of β-lactam (4-membered cyclic amide) rings is 1. The number of aliphatic hydroxyl groups is 1. The molecule has 1 aliphatic carbocycles. The van der Waals surface area contributed by atoms with Gasteiger partial charge in [0.25, 0.3) is 11.8 Å². The van der Waals surface area contributed by atoms with Gasteiger partial charge >= 0.3 is 11.9 Å². The average molecular weight is 466 g/mol. The number of Topliss-reactive ketones (excluding diaryl/α,β-unsaturated/α-hetero) is 1. The second kappa shape index (κ2) is 10.0. The molecule has 1 aliphatic heterocycles. The number of carboxylic acids is 1. The van der Waals surface area contributed by atoms with Crippen LogP contribution in [0.2, 0.25) is 0 Å². The number of carbonyl (C=O) groups excluding carboxylic acids is 4. The van der Waals surface area contributed by atoms with Crippen LogP contribution in [0.3, 0.4) is 0 Å². The normalized spacial score (nSPS) is 24.7. The van der Waals surface area contributed by atoms with Crippen molar-refractivity contribution >= 4 is 41.3 Å². The second-order valence-electron chi connectivity index (χ2n) is 7.24. The highest BCUT2D eigenvalue weighted by Gasteiger charge is 2.54. The van der Waals surface area contributed by atoms with E-state index in [9.17, 15) is 29.1 Å². The molecule has 172 valence electrons. The zero-order chi connectivity index (χ0) is 23.4. The molecule has 3 N–H and O–H groups in total. The number of hydrogen-bond acceptors (Lipinski definition) is 9. The van der Waals surface area contributed by atoms with Gasteiger partial charge in [0.05, 0.1) is 18.8 Å². The van der Waals surface area contributed by atoms with Gasteiger partial charge in [0, 0.05) is 5.92 Å². The van der Waals surface area contributed by atoms with E-state index < -0.39 is 53.2 Å². The van der Waals surface area contributed by atoms with Gasteiger partial charge in [-0.1, -0.05) is 18.2 Å². The molecule has 1 saturated heterocycles. The van der Waals surface area contributed by atoms with Crippen LogP contribution in [0.1, 0.15) is 6.42 Å². The molecule has 2 fully saturated rings. The number of para-hydroxylation sites is 1. The van der Waals surface area contributed by atoms with E-state index in [2.05, 4.69) is 10.1 Å².